The first-order chi connectivity index (χ1) is 16.6. The number of nitrogens with one attached hydrogen (secondary N) is 2. The van der Waals surface area contributed by atoms with Crippen LogP contribution in [0.4, 0.5) is 16.2 Å². The number of anilines is 2. The molecule has 1 unspecified atom stereocenters. The van der Waals surface area contributed by atoms with Gasteiger partial charge in [0.05, 0.1) is 11.4 Å². The van der Waals surface area contributed by atoms with Crippen molar-refractivity contribution >= 4 is 23.3 Å². The van der Waals surface area contributed by atoms with E-state index in [2.05, 4.69) is 28.4 Å². The molecule has 0 radical (unpaired) electrons. The predicted octanol–water partition coefficient (Wildman–Crippen LogP) is 4.18. The van der Waals surface area contributed by atoms with Crippen molar-refractivity contribution in [3.63, 3.8) is 0 Å². The van der Waals surface area contributed by atoms with Crippen molar-refractivity contribution in [1.82, 2.24) is 10.8 Å². The third-order valence-electron chi connectivity index (χ3n) is 6.11. The SMILES string of the molecule is O=C(/C=C/C1=CCCC(CN2CCN(C(=O)NCc3ccccc3)c3ccccc32)C=C1)NO. The number of carbonyl (C=O) groups excluding carboxylic acids is 2. The van der Waals surface area contributed by atoms with Crippen molar-refractivity contribution in [1.29, 1.82) is 0 Å². The molecule has 34 heavy (non-hydrogen) atoms. The van der Waals surface area contributed by atoms with Gasteiger partial charge in [0.15, 0.2) is 0 Å². The molecule has 7 heteroatoms. The molecule has 3 N–H and O–H groups in total. The van der Waals surface area contributed by atoms with Crippen LogP contribution in [0.1, 0.15) is 18.4 Å². The Hall–Kier alpha value is -3.84. The Balaban J connectivity index is 1.40. The van der Waals surface area contributed by atoms with E-state index in [4.69, 9.17) is 5.21 Å². The lowest BCUT2D eigenvalue weighted by atomic mass is 10.0. The van der Waals surface area contributed by atoms with Gasteiger partial charge in [0.2, 0.25) is 0 Å². The van der Waals surface area contributed by atoms with Gasteiger partial charge in [-0.05, 0) is 48.1 Å². The van der Waals surface area contributed by atoms with Crippen LogP contribution in [-0.2, 0) is 11.3 Å². The van der Waals surface area contributed by atoms with Gasteiger partial charge in [-0.1, -0.05) is 60.7 Å². The van der Waals surface area contributed by atoms with Gasteiger partial charge >= 0.3 is 6.03 Å². The van der Waals surface area contributed by atoms with Gasteiger partial charge in [0.25, 0.3) is 5.91 Å². The fourth-order valence-corrected chi connectivity index (χ4v) is 4.33. The number of carbonyl (C=O) groups is 2. The lowest BCUT2D eigenvalue weighted by Gasteiger charge is -2.39. The molecule has 3 amide bonds. The summed E-state index contributed by atoms with van der Waals surface area (Å²) in [5.41, 5.74) is 5.61. The van der Waals surface area contributed by atoms with Crippen LogP contribution < -0.4 is 20.6 Å². The molecule has 0 fully saturated rings. The number of amides is 3. The summed E-state index contributed by atoms with van der Waals surface area (Å²) in [4.78, 5) is 28.4. The number of fused-ring (bicyclic) bond motifs is 1. The number of urea groups is 1. The van der Waals surface area contributed by atoms with E-state index in [0.717, 1.165) is 48.4 Å². The molecule has 7 nitrogen and oxygen atoms in total. The van der Waals surface area contributed by atoms with Crippen molar-refractivity contribution < 1.29 is 14.8 Å². The molecule has 2 aromatic rings. The molecule has 0 bridgehead atoms. The van der Waals surface area contributed by atoms with E-state index in [9.17, 15) is 9.59 Å². The smallest absolute Gasteiger partial charge is 0.322 e. The highest BCUT2D eigenvalue weighted by Gasteiger charge is 2.27. The summed E-state index contributed by atoms with van der Waals surface area (Å²) in [6.07, 6.45) is 11.2. The monoisotopic (exact) mass is 458 g/mol. The largest absolute Gasteiger partial charge is 0.367 e. The highest BCUT2D eigenvalue weighted by atomic mass is 16.5. The second kappa shape index (κ2) is 11.3. The molecule has 1 aliphatic heterocycles. The second-order valence-corrected chi connectivity index (χ2v) is 8.44. The van der Waals surface area contributed by atoms with Crippen LogP contribution in [-0.4, -0.2) is 36.8 Å². The third kappa shape index (κ3) is 5.94. The number of rotatable bonds is 6. The first-order valence-electron chi connectivity index (χ1n) is 11.6. The molecular formula is C27H30N4O3. The van der Waals surface area contributed by atoms with E-state index in [-0.39, 0.29) is 6.03 Å². The minimum absolute atomic E-state index is 0.0853. The zero-order valence-corrected chi connectivity index (χ0v) is 19.1. The summed E-state index contributed by atoms with van der Waals surface area (Å²) in [5.74, 6) is -0.197. The summed E-state index contributed by atoms with van der Waals surface area (Å²) in [6.45, 7) is 2.74. The maximum atomic E-state index is 13.0. The minimum atomic E-state index is -0.544. The standard InChI is InChI=1S/C27H30N4O3/c32-26(29-34)16-15-21-9-6-10-23(14-13-21)20-30-17-18-31(25-12-5-4-11-24(25)30)27(33)28-19-22-7-2-1-3-8-22/h1-5,7-9,11-16,23,34H,6,10,17-20H2,(H,28,33)(H,29,32)/b16-15+. The van der Waals surface area contributed by atoms with Crippen LogP contribution in [0.5, 0.6) is 0 Å². The Kier molecular flexibility index (Phi) is 7.78. The van der Waals surface area contributed by atoms with E-state index >= 15 is 0 Å². The highest BCUT2D eigenvalue weighted by Crippen LogP contribution is 2.34. The molecule has 0 aromatic heterocycles. The summed E-state index contributed by atoms with van der Waals surface area (Å²) < 4.78 is 0. The molecule has 4 rings (SSSR count). The van der Waals surface area contributed by atoms with Gasteiger partial charge in [0.1, 0.15) is 0 Å². The van der Waals surface area contributed by atoms with Gasteiger partial charge in [-0.15, -0.1) is 0 Å². The lowest BCUT2D eigenvalue weighted by molar-refractivity contribution is -0.124. The van der Waals surface area contributed by atoms with Crippen LogP contribution in [0.2, 0.25) is 0 Å². The van der Waals surface area contributed by atoms with Gasteiger partial charge < -0.3 is 10.2 Å². The van der Waals surface area contributed by atoms with Crippen LogP contribution >= 0.6 is 0 Å². The van der Waals surface area contributed by atoms with Crippen molar-refractivity contribution in [3.8, 4) is 0 Å². The van der Waals surface area contributed by atoms with Crippen molar-refractivity contribution in [3.05, 3.63) is 96.1 Å². The Labute approximate surface area is 200 Å². The zero-order chi connectivity index (χ0) is 23.8. The quantitative estimate of drug-likeness (QED) is 0.345. The number of benzene rings is 2. The number of allylic oxidation sites excluding steroid dienone is 4. The number of hydroxylamine groups is 1. The molecule has 2 aromatic carbocycles. The van der Waals surface area contributed by atoms with Crippen LogP contribution in [0, 0.1) is 5.92 Å². The summed E-state index contributed by atoms with van der Waals surface area (Å²) >= 11 is 0. The molecular weight excluding hydrogens is 428 g/mol. The summed E-state index contributed by atoms with van der Waals surface area (Å²) in [5, 5.41) is 11.7. The van der Waals surface area contributed by atoms with Gasteiger partial charge in [-0.25, -0.2) is 10.3 Å². The number of para-hydroxylation sites is 2. The topological polar surface area (TPSA) is 84.9 Å². The van der Waals surface area contributed by atoms with Crippen LogP contribution in [0.3, 0.4) is 0 Å². The lowest BCUT2D eigenvalue weighted by Crippen LogP contribution is -2.48. The van der Waals surface area contributed by atoms with Gasteiger partial charge in [-0.3, -0.25) is 14.9 Å². The maximum Gasteiger partial charge on any atom is 0.322 e. The highest BCUT2D eigenvalue weighted by molar-refractivity contribution is 5.96. The third-order valence-corrected chi connectivity index (χ3v) is 6.11. The van der Waals surface area contributed by atoms with Crippen molar-refractivity contribution in [2.24, 2.45) is 5.92 Å². The van der Waals surface area contributed by atoms with Crippen LogP contribution in [0.25, 0.3) is 0 Å². The van der Waals surface area contributed by atoms with Gasteiger partial charge in [-0.2, -0.15) is 0 Å². The normalized spacial score (nSPS) is 17.7. The van der Waals surface area contributed by atoms with E-state index < -0.39 is 5.91 Å². The zero-order valence-electron chi connectivity index (χ0n) is 19.1. The van der Waals surface area contributed by atoms with Gasteiger partial charge in [0, 0.05) is 32.3 Å². The molecule has 176 valence electrons. The van der Waals surface area contributed by atoms with E-state index in [0.29, 0.717) is 19.0 Å². The number of hydrogen-bond acceptors (Lipinski definition) is 4. The first kappa shape index (κ1) is 23.3. The minimum Gasteiger partial charge on any atom is -0.367 e. The molecule has 1 heterocycles. The van der Waals surface area contributed by atoms with Crippen molar-refractivity contribution in [2.45, 2.75) is 19.4 Å². The van der Waals surface area contributed by atoms with E-state index in [1.165, 1.54) is 6.08 Å². The molecule has 1 aliphatic carbocycles. The Morgan fingerprint density at radius 2 is 1.79 bits per heavy atom. The molecule has 2 aliphatic rings. The molecule has 0 spiro atoms. The first-order valence-corrected chi connectivity index (χ1v) is 11.6. The Bertz CT molecular complexity index is 1090. The predicted molar refractivity (Wildman–Crippen MR) is 134 cm³/mol. The average Bonchev–Trinajstić information content (AvgIpc) is 3.11. The summed E-state index contributed by atoms with van der Waals surface area (Å²) in [6, 6.07) is 17.9. The average molecular weight is 459 g/mol. The number of nitrogens with zero attached hydrogens (tertiary/aromatic N) is 2. The Morgan fingerprint density at radius 3 is 2.59 bits per heavy atom. The van der Waals surface area contributed by atoms with Crippen LogP contribution in [0.15, 0.2) is 90.6 Å². The molecule has 0 saturated heterocycles. The van der Waals surface area contributed by atoms with Crippen molar-refractivity contribution in [2.75, 3.05) is 29.4 Å². The summed E-state index contributed by atoms with van der Waals surface area (Å²) in [7, 11) is 0. The fourth-order valence-electron chi connectivity index (χ4n) is 4.33. The second-order valence-electron chi connectivity index (χ2n) is 8.44. The molecule has 0 saturated carbocycles. The number of hydrogen-bond donors (Lipinski definition) is 3. The molecule has 1 atom stereocenters. The van der Waals surface area contributed by atoms with E-state index in [1.807, 2.05) is 59.5 Å². The van der Waals surface area contributed by atoms with E-state index in [1.54, 1.807) is 11.6 Å². The Morgan fingerprint density at radius 1 is 1.03 bits per heavy atom. The fraction of sp³-hybridized carbons (Fsp3) is 0.259. The maximum absolute atomic E-state index is 13.0.